The number of aromatic amines is 1. The Bertz CT molecular complexity index is 590. The average molecular weight is 217 g/mol. The number of nitrogens with zero attached hydrogens (tertiary/aromatic N) is 2. The fourth-order valence-corrected chi connectivity index (χ4v) is 2.16. The van der Waals surface area contributed by atoms with Crippen molar-refractivity contribution in [2.75, 3.05) is 0 Å². The maximum absolute atomic E-state index is 11.4. The van der Waals surface area contributed by atoms with Gasteiger partial charge in [0.1, 0.15) is 11.3 Å². The van der Waals surface area contributed by atoms with Crippen molar-refractivity contribution < 1.29 is 0 Å². The predicted octanol–water partition coefficient (Wildman–Crippen LogP) is 2.18. The molecule has 0 saturated heterocycles. The fourth-order valence-electron chi connectivity index (χ4n) is 2.16. The maximum atomic E-state index is 11.4. The molecule has 3 rings (SSSR count). The molecule has 0 radical (unpaired) electrons. The van der Waals surface area contributed by atoms with Gasteiger partial charge in [-0.05, 0) is 12.8 Å². The van der Waals surface area contributed by atoms with E-state index in [1.54, 1.807) is 12.3 Å². The summed E-state index contributed by atoms with van der Waals surface area (Å²) in [7, 11) is 0. The quantitative estimate of drug-likeness (QED) is 0.838. The Balaban J connectivity index is 2.33. The number of hydrogen-bond acceptors (Lipinski definition) is 2. The van der Waals surface area contributed by atoms with E-state index < -0.39 is 0 Å². The molecule has 0 atom stereocenters. The van der Waals surface area contributed by atoms with Crippen molar-refractivity contribution in [1.82, 2.24) is 14.5 Å². The van der Waals surface area contributed by atoms with Gasteiger partial charge in [-0.3, -0.25) is 4.79 Å². The second-order valence-electron chi connectivity index (χ2n) is 4.79. The third-order valence-corrected chi connectivity index (χ3v) is 3.05. The summed E-state index contributed by atoms with van der Waals surface area (Å²) in [6.45, 7) is 4.28. The first-order valence-electron chi connectivity index (χ1n) is 5.77. The first kappa shape index (κ1) is 9.63. The molecule has 0 spiro atoms. The summed E-state index contributed by atoms with van der Waals surface area (Å²) < 4.78 is 2.25. The Hall–Kier alpha value is -1.58. The molecule has 1 saturated carbocycles. The number of fused-ring (bicyclic) bond motifs is 1. The molecule has 4 nitrogen and oxygen atoms in total. The smallest absolute Gasteiger partial charge is 0.250 e. The van der Waals surface area contributed by atoms with E-state index >= 15 is 0 Å². The molecule has 1 N–H and O–H groups in total. The van der Waals surface area contributed by atoms with Crippen molar-refractivity contribution in [2.45, 2.75) is 38.6 Å². The van der Waals surface area contributed by atoms with Gasteiger partial charge in [-0.15, -0.1) is 0 Å². The van der Waals surface area contributed by atoms with Crippen LogP contribution < -0.4 is 5.56 Å². The molecule has 0 aliphatic heterocycles. The van der Waals surface area contributed by atoms with Gasteiger partial charge in [0, 0.05) is 24.2 Å². The second kappa shape index (κ2) is 3.20. The monoisotopic (exact) mass is 217 g/mol. The standard InChI is InChI=1S/C12H15N3O/c1-7(2)12-14-9-6-13-11(16)5-10(9)15(12)8-3-4-8/h5-8H,3-4H2,1-2H3,(H,13,16). The highest BCUT2D eigenvalue weighted by Crippen LogP contribution is 2.39. The number of nitrogens with one attached hydrogen (secondary N) is 1. The Labute approximate surface area is 93.3 Å². The van der Waals surface area contributed by atoms with Crippen molar-refractivity contribution in [3.63, 3.8) is 0 Å². The Morgan fingerprint density at radius 3 is 2.88 bits per heavy atom. The van der Waals surface area contributed by atoms with Gasteiger partial charge in [0.25, 0.3) is 0 Å². The number of pyridine rings is 1. The minimum atomic E-state index is -0.0513. The summed E-state index contributed by atoms with van der Waals surface area (Å²) in [5.74, 6) is 1.49. The lowest BCUT2D eigenvalue weighted by Crippen LogP contribution is -2.06. The maximum Gasteiger partial charge on any atom is 0.250 e. The lowest BCUT2D eigenvalue weighted by atomic mass is 10.2. The van der Waals surface area contributed by atoms with Gasteiger partial charge >= 0.3 is 0 Å². The van der Waals surface area contributed by atoms with Gasteiger partial charge in [0.15, 0.2) is 0 Å². The summed E-state index contributed by atoms with van der Waals surface area (Å²) in [5, 5.41) is 0. The van der Waals surface area contributed by atoms with Crippen molar-refractivity contribution in [3.8, 4) is 0 Å². The molecule has 2 aromatic heterocycles. The van der Waals surface area contributed by atoms with E-state index in [0.29, 0.717) is 12.0 Å². The van der Waals surface area contributed by atoms with Crippen LogP contribution in [0.15, 0.2) is 17.1 Å². The van der Waals surface area contributed by atoms with E-state index in [1.807, 2.05) is 0 Å². The van der Waals surface area contributed by atoms with E-state index in [9.17, 15) is 4.79 Å². The van der Waals surface area contributed by atoms with Crippen molar-refractivity contribution in [3.05, 3.63) is 28.4 Å². The summed E-state index contributed by atoms with van der Waals surface area (Å²) in [4.78, 5) is 18.7. The van der Waals surface area contributed by atoms with Crippen LogP contribution in [0, 0.1) is 0 Å². The number of H-pyrrole nitrogens is 1. The van der Waals surface area contributed by atoms with E-state index in [1.165, 1.54) is 12.8 Å². The molecule has 2 aromatic rings. The number of rotatable bonds is 2. The second-order valence-corrected chi connectivity index (χ2v) is 4.79. The molecule has 0 amide bonds. The lowest BCUT2D eigenvalue weighted by Gasteiger charge is -2.09. The molecule has 0 bridgehead atoms. The zero-order valence-electron chi connectivity index (χ0n) is 9.53. The van der Waals surface area contributed by atoms with Crippen LogP contribution in [0.25, 0.3) is 11.0 Å². The van der Waals surface area contributed by atoms with Crippen LogP contribution in [0.1, 0.15) is 44.5 Å². The molecule has 0 aromatic carbocycles. The average Bonchev–Trinajstić information content (AvgIpc) is 2.99. The van der Waals surface area contributed by atoms with Crippen molar-refractivity contribution >= 4 is 11.0 Å². The van der Waals surface area contributed by atoms with Gasteiger partial charge in [-0.2, -0.15) is 0 Å². The molecule has 1 aliphatic carbocycles. The number of aromatic nitrogens is 3. The molecule has 16 heavy (non-hydrogen) atoms. The van der Waals surface area contributed by atoms with Crippen molar-refractivity contribution in [1.29, 1.82) is 0 Å². The third kappa shape index (κ3) is 1.37. The topological polar surface area (TPSA) is 50.7 Å². The number of hydrogen-bond donors (Lipinski definition) is 1. The molecule has 1 aliphatic rings. The molecule has 2 heterocycles. The normalized spacial score (nSPS) is 16.2. The molecule has 1 fully saturated rings. The van der Waals surface area contributed by atoms with E-state index in [4.69, 9.17) is 0 Å². The van der Waals surface area contributed by atoms with Crippen LogP contribution in [-0.2, 0) is 0 Å². The van der Waals surface area contributed by atoms with E-state index in [2.05, 4.69) is 28.4 Å². The van der Waals surface area contributed by atoms with Crippen LogP contribution in [0.5, 0.6) is 0 Å². The van der Waals surface area contributed by atoms with Gasteiger partial charge in [0.05, 0.1) is 5.52 Å². The zero-order chi connectivity index (χ0) is 11.3. The van der Waals surface area contributed by atoms with E-state index in [-0.39, 0.29) is 5.56 Å². The largest absolute Gasteiger partial charge is 0.327 e. The van der Waals surface area contributed by atoms with Crippen LogP contribution >= 0.6 is 0 Å². The van der Waals surface area contributed by atoms with E-state index in [0.717, 1.165) is 16.9 Å². The summed E-state index contributed by atoms with van der Waals surface area (Å²) >= 11 is 0. The minimum absolute atomic E-state index is 0.0513. The van der Waals surface area contributed by atoms with Gasteiger partial charge in [-0.25, -0.2) is 4.98 Å². The summed E-state index contributed by atoms with van der Waals surface area (Å²) in [5.41, 5.74) is 1.83. The van der Waals surface area contributed by atoms with Crippen molar-refractivity contribution in [2.24, 2.45) is 0 Å². The molecule has 84 valence electrons. The first-order chi connectivity index (χ1) is 7.66. The van der Waals surface area contributed by atoms with Crippen LogP contribution in [0.3, 0.4) is 0 Å². The molecular weight excluding hydrogens is 202 g/mol. The number of imidazole rings is 1. The zero-order valence-corrected chi connectivity index (χ0v) is 9.53. The van der Waals surface area contributed by atoms with Gasteiger partial charge in [-0.1, -0.05) is 13.8 Å². The SMILES string of the molecule is CC(C)c1nc2c[nH]c(=O)cc2n1C1CC1. The highest BCUT2D eigenvalue weighted by molar-refractivity contribution is 5.75. The Kier molecular flexibility index (Phi) is 1.93. The molecular formula is C12H15N3O. The Morgan fingerprint density at radius 1 is 1.50 bits per heavy atom. The van der Waals surface area contributed by atoms with Crippen LogP contribution in [-0.4, -0.2) is 14.5 Å². The summed E-state index contributed by atoms with van der Waals surface area (Å²) in [6, 6.07) is 2.22. The lowest BCUT2D eigenvalue weighted by molar-refractivity contribution is 0.654. The van der Waals surface area contributed by atoms with Crippen LogP contribution in [0.2, 0.25) is 0 Å². The Morgan fingerprint density at radius 2 is 2.25 bits per heavy atom. The van der Waals surface area contributed by atoms with Crippen LogP contribution in [0.4, 0.5) is 0 Å². The molecule has 4 heteroatoms. The van der Waals surface area contributed by atoms with Gasteiger partial charge < -0.3 is 9.55 Å². The highest BCUT2D eigenvalue weighted by atomic mass is 16.1. The predicted molar refractivity (Wildman–Crippen MR) is 62.7 cm³/mol. The van der Waals surface area contributed by atoms with Gasteiger partial charge in [0.2, 0.25) is 5.56 Å². The third-order valence-electron chi connectivity index (χ3n) is 3.05. The highest BCUT2D eigenvalue weighted by Gasteiger charge is 2.29. The molecule has 0 unspecified atom stereocenters. The summed E-state index contributed by atoms with van der Waals surface area (Å²) in [6.07, 6.45) is 4.12. The minimum Gasteiger partial charge on any atom is -0.327 e. The fraction of sp³-hybridized carbons (Fsp3) is 0.500. The first-order valence-corrected chi connectivity index (χ1v) is 5.77.